The van der Waals surface area contributed by atoms with Crippen molar-refractivity contribution in [1.82, 2.24) is 4.98 Å². The van der Waals surface area contributed by atoms with Crippen LogP contribution in [0.5, 0.6) is 0 Å². The van der Waals surface area contributed by atoms with E-state index in [4.69, 9.17) is 9.47 Å². The number of benzene rings is 1. The van der Waals surface area contributed by atoms with Crippen molar-refractivity contribution in [2.75, 3.05) is 26.9 Å². The van der Waals surface area contributed by atoms with Crippen molar-refractivity contribution in [2.24, 2.45) is 0 Å². The maximum Gasteiger partial charge on any atom is 0.165 e. The first-order valence-electron chi connectivity index (χ1n) is 6.25. The predicted molar refractivity (Wildman–Crippen MR) is 73.4 cm³/mol. The van der Waals surface area contributed by atoms with E-state index in [9.17, 15) is 4.79 Å². The van der Waals surface area contributed by atoms with Gasteiger partial charge in [-0.15, -0.1) is 0 Å². The van der Waals surface area contributed by atoms with Crippen molar-refractivity contribution in [2.45, 2.75) is 6.42 Å². The molecule has 0 aliphatic heterocycles. The predicted octanol–water partition coefficient (Wildman–Crippen LogP) is 2.47. The van der Waals surface area contributed by atoms with Crippen molar-refractivity contribution < 1.29 is 14.3 Å². The number of ether oxygens (including phenoxy) is 2. The topological polar surface area (TPSA) is 48.4 Å². The number of rotatable bonds is 7. The molecule has 0 amide bonds. The van der Waals surface area contributed by atoms with E-state index < -0.39 is 0 Å². The molecule has 0 saturated heterocycles. The van der Waals surface area contributed by atoms with Crippen LogP contribution in [-0.2, 0) is 9.47 Å². The maximum atomic E-state index is 12.2. The minimum Gasteiger partial charge on any atom is -0.382 e. The lowest BCUT2D eigenvalue weighted by Crippen LogP contribution is -2.08. The number of fused-ring (bicyclic) bond motifs is 1. The van der Waals surface area contributed by atoms with Crippen molar-refractivity contribution >= 4 is 16.6 Å². The number of hydrogen-bond acceptors (Lipinski definition) is 4. The molecule has 0 aliphatic rings. The first-order valence-corrected chi connectivity index (χ1v) is 6.25. The van der Waals surface area contributed by atoms with Crippen molar-refractivity contribution in [3.63, 3.8) is 0 Å². The Morgan fingerprint density at radius 3 is 2.95 bits per heavy atom. The summed E-state index contributed by atoms with van der Waals surface area (Å²) in [4.78, 5) is 16.2. The van der Waals surface area contributed by atoms with Gasteiger partial charge in [0.05, 0.1) is 19.8 Å². The van der Waals surface area contributed by atoms with Gasteiger partial charge in [-0.05, 0) is 11.5 Å². The highest BCUT2D eigenvalue weighted by Crippen LogP contribution is 2.18. The van der Waals surface area contributed by atoms with Crippen LogP contribution in [0.3, 0.4) is 0 Å². The lowest BCUT2D eigenvalue weighted by molar-refractivity contribution is 0.0642. The Morgan fingerprint density at radius 1 is 1.21 bits per heavy atom. The molecule has 0 aliphatic carbocycles. The van der Waals surface area contributed by atoms with Crippen LogP contribution in [0.25, 0.3) is 10.8 Å². The number of methoxy groups -OCH3 is 1. The number of aromatic nitrogens is 1. The second-order valence-corrected chi connectivity index (χ2v) is 4.18. The van der Waals surface area contributed by atoms with Gasteiger partial charge in [0.1, 0.15) is 0 Å². The van der Waals surface area contributed by atoms with E-state index in [1.807, 2.05) is 24.3 Å². The maximum absolute atomic E-state index is 12.2. The molecule has 0 radical (unpaired) electrons. The van der Waals surface area contributed by atoms with Gasteiger partial charge >= 0.3 is 0 Å². The number of carbonyl (C=O) groups excluding carboxylic acids is 1. The Balaban J connectivity index is 2.01. The number of Topliss-reactive ketones (excluding diaryl/α,β-unsaturated/α-hetero) is 1. The van der Waals surface area contributed by atoms with E-state index in [2.05, 4.69) is 4.98 Å². The van der Waals surface area contributed by atoms with Gasteiger partial charge in [0.25, 0.3) is 0 Å². The van der Waals surface area contributed by atoms with E-state index in [0.29, 0.717) is 26.2 Å². The average molecular weight is 259 g/mol. The Hall–Kier alpha value is -1.78. The summed E-state index contributed by atoms with van der Waals surface area (Å²) in [5, 5.41) is 1.92. The molecule has 0 atom stereocenters. The SMILES string of the molecule is COCCOCCC(=O)c1cccc2cnccc12. The second-order valence-electron chi connectivity index (χ2n) is 4.18. The summed E-state index contributed by atoms with van der Waals surface area (Å²) in [6, 6.07) is 7.55. The first kappa shape index (κ1) is 13.6. The highest BCUT2D eigenvalue weighted by molar-refractivity contribution is 6.07. The van der Waals surface area contributed by atoms with Crippen molar-refractivity contribution in [1.29, 1.82) is 0 Å². The summed E-state index contributed by atoms with van der Waals surface area (Å²) >= 11 is 0. The van der Waals surface area contributed by atoms with Gasteiger partial charge in [0, 0.05) is 36.9 Å². The molecule has 100 valence electrons. The zero-order valence-corrected chi connectivity index (χ0v) is 11.0. The van der Waals surface area contributed by atoms with Crippen LogP contribution in [0.2, 0.25) is 0 Å². The summed E-state index contributed by atoms with van der Waals surface area (Å²) in [5.41, 5.74) is 0.732. The molecule has 4 nitrogen and oxygen atoms in total. The van der Waals surface area contributed by atoms with Gasteiger partial charge in [-0.3, -0.25) is 9.78 Å². The number of carbonyl (C=O) groups is 1. The zero-order valence-electron chi connectivity index (χ0n) is 11.0. The molecule has 1 aromatic heterocycles. The van der Waals surface area contributed by atoms with Crippen molar-refractivity contribution in [3.05, 3.63) is 42.2 Å². The molecule has 1 aromatic carbocycles. The molecule has 0 fully saturated rings. The van der Waals surface area contributed by atoms with E-state index >= 15 is 0 Å². The standard InChI is InChI=1S/C15H17NO3/c1-18-9-10-19-8-6-15(17)14-4-2-3-12-11-16-7-5-13(12)14/h2-5,7,11H,6,8-10H2,1H3. The van der Waals surface area contributed by atoms with Crippen LogP contribution >= 0.6 is 0 Å². The normalized spacial score (nSPS) is 10.8. The third-order valence-electron chi connectivity index (χ3n) is 2.89. The molecule has 1 heterocycles. The monoisotopic (exact) mass is 259 g/mol. The number of hydrogen-bond donors (Lipinski definition) is 0. The Kier molecular flexibility index (Phi) is 5.01. The zero-order chi connectivity index (χ0) is 13.5. The van der Waals surface area contributed by atoms with Gasteiger partial charge in [0.2, 0.25) is 0 Å². The van der Waals surface area contributed by atoms with Crippen LogP contribution in [0.1, 0.15) is 16.8 Å². The number of pyridine rings is 1. The number of nitrogens with zero attached hydrogens (tertiary/aromatic N) is 1. The molecule has 2 rings (SSSR count). The summed E-state index contributed by atoms with van der Waals surface area (Å²) in [7, 11) is 1.62. The molecule has 0 spiro atoms. The summed E-state index contributed by atoms with van der Waals surface area (Å²) in [6.45, 7) is 1.49. The molecule has 0 saturated carbocycles. The molecular formula is C15H17NO3. The molecular weight excluding hydrogens is 242 g/mol. The fourth-order valence-electron chi connectivity index (χ4n) is 1.91. The molecule has 2 aromatic rings. The van der Waals surface area contributed by atoms with Crippen LogP contribution in [0, 0.1) is 0 Å². The highest BCUT2D eigenvalue weighted by Gasteiger charge is 2.09. The van der Waals surface area contributed by atoms with Gasteiger partial charge in [-0.2, -0.15) is 0 Å². The largest absolute Gasteiger partial charge is 0.382 e. The van der Waals surface area contributed by atoms with Crippen LogP contribution in [0.15, 0.2) is 36.7 Å². The van der Waals surface area contributed by atoms with Gasteiger partial charge in [-0.25, -0.2) is 0 Å². The summed E-state index contributed by atoms with van der Waals surface area (Å²) in [5.74, 6) is 0.0919. The minimum atomic E-state index is 0.0919. The van der Waals surface area contributed by atoms with E-state index in [0.717, 1.165) is 16.3 Å². The average Bonchev–Trinajstić information content (AvgIpc) is 2.46. The second kappa shape index (κ2) is 6.97. The van der Waals surface area contributed by atoms with E-state index in [-0.39, 0.29) is 5.78 Å². The Morgan fingerprint density at radius 2 is 2.11 bits per heavy atom. The third-order valence-corrected chi connectivity index (χ3v) is 2.89. The smallest absolute Gasteiger partial charge is 0.165 e. The molecule has 4 heteroatoms. The summed E-state index contributed by atoms with van der Waals surface area (Å²) < 4.78 is 10.2. The molecule has 19 heavy (non-hydrogen) atoms. The lowest BCUT2D eigenvalue weighted by atomic mass is 10.0. The fourth-order valence-corrected chi connectivity index (χ4v) is 1.91. The van der Waals surface area contributed by atoms with E-state index in [1.54, 1.807) is 19.5 Å². The fraction of sp³-hybridized carbons (Fsp3) is 0.333. The third kappa shape index (κ3) is 3.59. The Bertz CT molecular complexity index is 549. The van der Waals surface area contributed by atoms with Crippen LogP contribution in [-0.4, -0.2) is 37.7 Å². The van der Waals surface area contributed by atoms with Crippen LogP contribution in [0.4, 0.5) is 0 Å². The van der Waals surface area contributed by atoms with E-state index in [1.165, 1.54) is 0 Å². The highest BCUT2D eigenvalue weighted by atomic mass is 16.5. The molecule has 0 bridgehead atoms. The van der Waals surface area contributed by atoms with Gasteiger partial charge < -0.3 is 9.47 Å². The van der Waals surface area contributed by atoms with Crippen molar-refractivity contribution in [3.8, 4) is 0 Å². The lowest BCUT2D eigenvalue weighted by Gasteiger charge is -2.06. The van der Waals surface area contributed by atoms with Gasteiger partial charge in [0.15, 0.2) is 5.78 Å². The molecule has 0 unspecified atom stereocenters. The minimum absolute atomic E-state index is 0.0919. The van der Waals surface area contributed by atoms with Crippen LogP contribution < -0.4 is 0 Å². The molecule has 0 N–H and O–H groups in total. The first-order chi connectivity index (χ1) is 9.33. The quantitative estimate of drug-likeness (QED) is 0.566. The Labute approximate surface area is 112 Å². The number of ketones is 1. The summed E-state index contributed by atoms with van der Waals surface area (Å²) in [6.07, 6.45) is 3.85. The van der Waals surface area contributed by atoms with Gasteiger partial charge in [-0.1, -0.05) is 18.2 Å².